The first kappa shape index (κ1) is 14.0. The van der Waals surface area contributed by atoms with E-state index in [0.717, 1.165) is 25.8 Å². The predicted molar refractivity (Wildman–Crippen MR) is 69.8 cm³/mol. The van der Waals surface area contributed by atoms with E-state index < -0.39 is 0 Å². The molecule has 1 atom stereocenters. The first-order chi connectivity index (χ1) is 7.64. The van der Waals surface area contributed by atoms with Gasteiger partial charge in [-0.15, -0.1) is 0 Å². The van der Waals surface area contributed by atoms with Crippen LogP contribution in [-0.2, 0) is 4.74 Å². The van der Waals surface area contributed by atoms with Crippen molar-refractivity contribution >= 4 is 0 Å². The molecule has 1 rings (SSSR count). The van der Waals surface area contributed by atoms with Crippen molar-refractivity contribution in [3.8, 4) is 0 Å². The van der Waals surface area contributed by atoms with Crippen LogP contribution in [0.25, 0.3) is 0 Å². The number of ether oxygens (including phenoxy) is 1. The molecule has 1 saturated carbocycles. The molecule has 0 spiro atoms. The van der Waals surface area contributed by atoms with Crippen LogP contribution in [0.2, 0.25) is 0 Å². The fraction of sp³-hybridized carbons (Fsp3) is 1.00. The summed E-state index contributed by atoms with van der Waals surface area (Å²) in [5.41, 5.74) is 0.541. The maximum absolute atomic E-state index is 5.55. The molecule has 0 radical (unpaired) electrons. The third-order valence-electron chi connectivity index (χ3n) is 3.53. The van der Waals surface area contributed by atoms with E-state index in [-0.39, 0.29) is 0 Å². The quantitative estimate of drug-likeness (QED) is 0.673. The van der Waals surface area contributed by atoms with Crippen LogP contribution in [0, 0.1) is 5.41 Å². The van der Waals surface area contributed by atoms with Crippen molar-refractivity contribution in [2.45, 2.75) is 65.3 Å². The van der Waals surface area contributed by atoms with Crippen molar-refractivity contribution in [2.75, 3.05) is 19.8 Å². The highest BCUT2D eigenvalue weighted by atomic mass is 16.5. The minimum atomic E-state index is 0.541. The first-order valence-electron chi connectivity index (χ1n) is 6.95. The Morgan fingerprint density at radius 1 is 1.31 bits per heavy atom. The van der Waals surface area contributed by atoms with Crippen molar-refractivity contribution in [3.05, 3.63) is 0 Å². The lowest BCUT2D eigenvalue weighted by molar-refractivity contribution is 0.123. The number of hydrogen-bond acceptors (Lipinski definition) is 2. The second kappa shape index (κ2) is 7.29. The third-order valence-corrected chi connectivity index (χ3v) is 3.53. The van der Waals surface area contributed by atoms with Crippen LogP contribution in [0.1, 0.15) is 59.3 Å². The van der Waals surface area contributed by atoms with Gasteiger partial charge in [-0.2, -0.15) is 0 Å². The molecule has 0 heterocycles. The van der Waals surface area contributed by atoms with Crippen molar-refractivity contribution in [2.24, 2.45) is 5.41 Å². The smallest absolute Gasteiger partial charge is 0.0590 e. The maximum atomic E-state index is 5.55. The zero-order valence-corrected chi connectivity index (χ0v) is 11.3. The molecule has 2 nitrogen and oxygen atoms in total. The molecule has 0 saturated heterocycles. The van der Waals surface area contributed by atoms with Gasteiger partial charge in [0, 0.05) is 19.2 Å². The molecule has 0 aliphatic heterocycles. The second-order valence-corrected chi connectivity index (χ2v) is 5.88. The Kier molecular flexibility index (Phi) is 6.37. The third kappa shape index (κ3) is 5.86. The summed E-state index contributed by atoms with van der Waals surface area (Å²) in [6.07, 6.45) is 7.85. The Bertz CT molecular complexity index is 180. The van der Waals surface area contributed by atoms with Crippen LogP contribution in [0.4, 0.5) is 0 Å². The number of unbranched alkanes of at least 4 members (excludes halogenated alkanes) is 1. The van der Waals surface area contributed by atoms with Crippen LogP contribution < -0.4 is 5.32 Å². The minimum absolute atomic E-state index is 0.541. The topological polar surface area (TPSA) is 21.3 Å². The van der Waals surface area contributed by atoms with Gasteiger partial charge in [0.25, 0.3) is 0 Å². The van der Waals surface area contributed by atoms with E-state index in [4.69, 9.17) is 4.74 Å². The van der Waals surface area contributed by atoms with Crippen molar-refractivity contribution in [1.82, 2.24) is 5.32 Å². The molecule has 1 fully saturated rings. The molecule has 0 amide bonds. The van der Waals surface area contributed by atoms with Gasteiger partial charge in [-0.1, -0.05) is 33.6 Å². The van der Waals surface area contributed by atoms with Gasteiger partial charge in [0.15, 0.2) is 0 Å². The van der Waals surface area contributed by atoms with Crippen molar-refractivity contribution in [3.63, 3.8) is 0 Å². The lowest BCUT2D eigenvalue weighted by Gasteiger charge is -2.35. The molecular formula is C14H29NO. The highest BCUT2D eigenvalue weighted by molar-refractivity contribution is 4.83. The molecule has 0 aromatic rings. The normalized spacial score (nSPS) is 24.6. The molecule has 0 aromatic carbocycles. The molecule has 0 aromatic heterocycles. The fourth-order valence-electron chi connectivity index (χ4n) is 2.56. The summed E-state index contributed by atoms with van der Waals surface area (Å²) in [7, 11) is 0. The van der Waals surface area contributed by atoms with E-state index in [2.05, 4.69) is 26.1 Å². The van der Waals surface area contributed by atoms with E-state index >= 15 is 0 Å². The van der Waals surface area contributed by atoms with Gasteiger partial charge in [0.1, 0.15) is 0 Å². The summed E-state index contributed by atoms with van der Waals surface area (Å²) >= 11 is 0. The summed E-state index contributed by atoms with van der Waals surface area (Å²) in [4.78, 5) is 0. The average molecular weight is 227 g/mol. The largest absolute Gasteiger partial charge is 0.380 e. The number of hydrogen-bond donors (Lipinski definition) is 1. The monoisotopic (exact) mass is 227 g/mol. The molecule has 1 unspecified atom stereocenters. The fourth-order valence-corrected chi connectivity index (χ4v) is 2.56. The molecule has 1 N–H and O–H groups in total. The molecule has 1 aliphatic carbocycles. The molecule has 16 heavy (non-hydrogen) atoms. The summed E-state index contributed by atoms with van der Waals surface area (Å²) in [6, 6.07) is 0.721. The van der Waals surface area contributed by atoms with E-state index in [0.29, 0.717) is 5.41 Å². The van der Waals surface area contributed by atoms with Gasteiger partial charge in [0.2, 0.25) is 0 Å². The van der Waals surface area contributed by atoms with Gasteiger partial charge in [0.05, 0.1) is 6.61 Å². The standard InChI is InChI=1S/C14H29NO/c1-4-5-10-16-11-9-15-13-7-6-8-14(2,3)12-13/h13,15H,4-12H2,1-3H3. The molecule has 2 heteroatoms. The Morgan fingerprint density at radius 2 is 2.12 bits per heavy atom. The van der Waals surface area contributed by atoms with Gasteiger partial charge < -0.3 is 10.1 Å². The Balaban J connectivity index is 2.00. The van der Waals surface area contributed by atoms with Crippen LogP contribution in [0.15, 0.2) is 0 Å². The lowest BCUT2D eigenvalue weighted by Crippen LogP contribution is -2.38. The first-order valence-corrected chi connectivity index (χ1v) is 6.95. The van der Waals surface area contributed by atoms with Crippen LogP contribution in [0.5, 0.6) is 0 Å². The summed E-state index contributed by atoms with van der Waals surface area (Å²) in [6.45, 7) is 9.79. The summed E-state index contributed by atoms with van der Waals surface area (Å²) < 4.78 is 5.55. The Morgan fingerprint density at radius 3 is 2.81 bits per heavy atom. The highest BCUT2D eigenvalue weighted by Gasteiger charge is 2.27. The van der Waals surface area contributed by atoms with Crippen LogP contribution in [-0.4, -0.2) is 25.8 Å². The lowest BCUT2D eigenvalue weighted by atomic mass is 9.75. The second-order valence-electron chi connectivity index (χ2n) is 5.88. The number of rotatable bonds is 7. The SMILES string of the molecule is CCCCOCCNC1CCCC(C)(C)C1. The van der Waals surface area contributed by atoms with E-state index in [1.54, 1.807) is 0 Å². The molecule has 0 bridgehead atoms. The van der Waals surface area contributed by atoms with Gasteiger partial charge in [-0.3, -0.25) is 0 Å². The van der Waals surface area contributed by atoms with Gasteiger partial charge in [-0.05, 0) is 31.1 Å². The predicted octanol–water partition coefficient (Wildman–Crippen LogP) is 3.36. The van der Waals surface area contributed by atoms with Gasteiger partial charge >= 0.3 is 0 Å². The maximum Gasteiger partial charge on any atom is 0.0590 e. The Labute approximate surface area is 101 Å². The zero-order valence-electron chi connectivity index (χ0n) is 11.3. The van der Waals surface area contributed by atoms with Crippen LogP contribution in [0.3, 0.4) is 0 Å². The molecule has 1 aliphatic rings. The molecular weight excluding hydrogens is 198 g/mol. The van der Waals surface area contributed by atoms with Crippen molar-refractivity contribution < 1.29 is 4.74 Å². The summed E-state index contributed by atoms with van der Waals surface area (Å²) in [5, 5.41) is 3.63. The molecule has 96 valence electrons. The van der Waals surface area contributed by atoms with E-state index in [1.165, 1.54) is 38.5 Å². The van der Waals surface area contributed by atoms with E-state index in [9.17, 15) is 0 Å². The number of nitrogens with one attached hydrogen (secondary N) is 1. The van der Waals surface area contributed by atoms with Crippen LogP contribution >= 0.6 is 0 Å². The zero-order chi connectivity index (χ0) is 11.9. The highest BCUT2D eigenvalue weighted by Crippen LogP contribution is 2.34. The summed E-state index contributed by atoms with van der Waals surface area (Å²) in [5.74, 6) is 0. The van der Waals surface area contributed by atoms with E-state index in [1.807, 2.05) is 0 Å². The van der Waals surface area contributed by atoms with Gasteiger partial charge in [-0.25, -0.2) is 0 Å². The average Bonchev–Trinajstić information content (AvgIpc) is 2.22. The Hall–Kier alpha value is -0.0800. The van der Waals surface area contributed by atoms with Crippen molar-refractivity contribution in [1.29, 1.82) is 0 Å². The minimum Gasteiger partial charge on any atom is -0.380 e.